The highest BCUT2D eigenvalue weighted by Gasteiger charge is 2.11. The van der Waals surface area contributed by atoms with Crippen LogP contribution in [0.4, 0.5) is 4.39 Å². The summed E-state index contributed by atoms with van der Waals surface area (Å²) < 4.78 is 15.1. The largest absolute Gasteiger partial charge is 0.293 e. The molecule has 0 N–H and O–H groups in total. The third-order valence-electron chi connectivity index (χ3n) is 2.69. The second-order valence-electron chi connectivity index (χ2n) is 3.99. The molecule has 0 radical (unpaired) electrons. The van der Waals surface area contributed by atoms with Gasteiger partial charge < -0.3 is 0 Å². The summed E-state index contributed by atoms with van der Waals surface area (Å²) >= 11 is 3.16. The quantitative estimate of drug-likeness (QED) is 0.642. The zero-order chi connectivity index (χ0) is 12.5. The Morgan fingerprint density at radius 2 is 1.89 bits per heavy atom. The van der Waals surface area contributed by atoms with Crippen molar-refractivity contribution in [3.05, 3.63) is 58.0 Å². The van der Waals surface area contributed by atoms with Crippen LogP contribution in [0.25, 0.3) is 9.40 Å². The molecule has 0 atom stereocenters. The van der Waals surface area contributed by atoms with Gasteiger partial charge in [-0.1, -0.05) is 12.1 Å². The summed E-state index contributed by atoms with van der Waals surface area (Å²) in [5.74, 6) is -0.183. The van der Waals surface area contributed by atoms with E-state index in [1.807, 2.05) is 17.5 Å². The fourth-order valence-electron chi connectivity index (χ4n) is 1.78. The molecule has 3 aromatic rings. The first-order valence-corrected chi connectivity index (χ1v) is 7.17. The lowest BCUT2D eigenvalue weighted by atomic mass is 10.1. The Kier molecular flexibility index (Phi) is 2.97. The van der Waals surface area contributed by atoms with Gasteiger partial charge in [0, 0.05) is 15.8 Å². The van der Waals surface area contributed by atoms with E-state index >= 15 is 0 Å². The minimum atomic E-state index is -0.275. The molecule has 0 aliphatic rings. The molecule has 0 saturated carbocycles. The average molecular weight is 276 g/mol. The van der Waals surface area contributed by atoms with Gasteiger partial charge in [-0.3, -0.25) is 4.79 Å². The molecule has 0 unspecified atom stereocenters. The summed E-state index contributed by atoms with van der Waals surface area (Å²) in [5, 5.41) is 2.02. The van der Waals surface area contributed by atoms with Crippen LogP contribution >= 0.6 is 22.7 Å². The molecule has 4 heteroatoms. The Balaban J connectivity index is 1.82. The molecule has 2 heterocycles. The molecule has 1 nitrogen and oxygen atoms in total. The van der Waals surface area contributed by atoms with Crippen LogP contribution in [0.2, 0.25) is 0 Å². The molecule has 3 rings (SSSR count). The predicted molar refractivity (Wildman–Crippen MR) is 74.1 cm³/mol. The maximum atomic E-state index is 12.8. The number of carbonyl (C=O) groups excluding carboxylic acids is 1. The number of ketones is 1. The van der Waals surface area contributed by atoms with Crippen molar-refractivity contribution in [1.29, 1.82) is 0 Å². The molecule has 0 aliphatic carbocycles. The molecule has 0 fully saturated rings. The first-order chi connectivity index (χ1) is 8.72. The number of Topliss-reactive ketones (excluding diaryl/α,β-unsaturated/α-hetero) is 1. The molecular formula is C14H9FOS2. The minimum Gasteiger partial charge on any atom is -0.293 e. The van der Waals surface area contributed by atoms with Crippen molar-refractivity contribution in [2.75, 3.05) is 0 Å². The van der Waals surface area contributed by atoms with Crippen LogP contribution in [0.1, 0.15) is 15.2 Å². The molecule has 18 heavy (non-hydrogen) atoms. The number of carbonyl (C=O) groups is 1. The van der Waals surface area contributed by atoms with Gasteiger partial charge >= 0.3 is 0 Å². The van der Waals surface area contributed by atoms with Crippen LogP contribution in [0.3, 0.4) is 0 Å². The fraction of sp³-hybridized carbons (Fsp3) is 0.0714. The summed E-state index contributed by atoms with van der Waals surface area (Å²) in [6.07, 6.45) is 0.327. The number of halogens is 1. The third-order valence-corrected chi connectivity index (χ3v) is 4.83. The molecule has 0 amide bonds. The van der Waals surface area contributed by atoms with Gasteiger partial charge in [-0.2, -0.15) is 0 Å². The summed E-state index contributed by atoms with van der Waals surface area (Å²) in [6.45, 7) is 0. The Morgan fingerprint density at radius 1 is 1.11 bits per heavy atom. The van der Waals surface area contributed by atoms with E-state index in [9.17, 15) is 9.18 Å². The summed E-state index contributed by atoms with van der Waals surface area (Å²) in [5.41, 5.74) is 0.846. The average Bonchev–Trinajstić information content (AvgIpc) is 2.92. The second kappa shape index (κ2) is 4.63. The Morgan fingerprint density at radius 3 is 2.61 bits per heavy atom. The number of rotatable bonds is 3. The van der Waals surface area contributed by atoms with E-state index in [0.717, 1.165) is 19.8 Å². The maximum Gasteiger partial charge on any atom is 0.177 e. The smallest absolute Gasteiger partial charge is 0.177 e. The maximum absolute atomic E-state index is 12.8. The van der Waals surface area contributed by atoms with E-state index in [1.165, 1.54) is 23.5 Å². The van der Waals surface area contributed by atoms with Gasteiger partial charge in [0.15, 0.2) is 5.78 Å². The summed E-state index contributed by atoms with van der Waals surface area (Å²) in [7, 11) is 0. The lowest BCUT2D eigenvalue weighted by Gasteiger charge is -1.98. The van der Waals surface area contributed by atoms with Crippen LogP contribution < -0.4 is 0 Å². The SMILES string of the molecule is O=C(Cc1ccc(F)cc1)c1cc2sccc2s1. The van der Waals surface area contributed by atoms with Gasteiger partial charge in [0.1, 0.15) is 5.82 Å². The van der Waals surface area contributed by atoms with Gasteiger partial charge in [-0.25, -0.2) is 4.39 Å². The normalized spacial score (nSPS) is 10.9. The van der Waals surface area contributed by atoms with E-state index in [2.05, 4.69) is 0 Å². The molecule has 0 bridgehead atoms. The van der Waals surface area contributed by atoms with Crippen LogP contribution in [0.5, 0.6) is 0 Å². The van der Waals surface area contributed by atoms with Crippen LogP contribution in [0, 0.1) is 5.82 Å². The topological polar surface area (TPSA) is 17.1 Å². The molecule has 0 spiro atoms. The number of fused-ring (bicyclic) bond motifs is 1. The van der Waals surface area contributed by atoms with Gasteiger partial charge in [-0.15, -0.1) is 22.7 Å². The molecule has 0 aliphatic heterocycles. The molecule has 1 aromatic carbocycles. The fourth-order valence-corrected chi connectivity index (χ4v) is 3.82. The van der Waals surface area contributed by atoms with Crippen LogP contribution in [-0.2, 0) is 6.42 Å². The van der Waals surface area contributed by atoms with Crippen LogP contribution in [0.15, 0.2) is 41.8 Å². The highest BCUT2D eigenvalue weighted by atomic mass is 32.1. The van der Waals surface area contributed by atoms with E-state index < -0.39 is 0 Å². The zero-order valence-corrected chi connectivity index (χ0v) is 11.0. The highest BCUT2D eigenvalue weighted by molar-refractivity contribution is 7.27. The van der Waals surface area contributed by atoms with Crippen molar-refractivity contribution >= 4 is 37.9 Å². The number of thiophene rings is 2. The van der Waals surface area contributed by atoms with Crippen molar-refractivity contribution in [3.63, 3.8) is 0 Å². The van der Waals surface area contributed by atoms with Gasteiger partial charge in [0.25, 0.3) is 0 Å². The zero-order valence-electron chi connectivity index (χ0n) is 9.35. The summed E-state index contributed by atoms with van der Waals surface area (Å²) in [4.78, 5) is 12.9. The van der Waals surface area contributed by atoms with Crippen molar-refractivity contribution in [1.82, 2.24) is 0 Å². The van der Waals surface area contributed by atoms with E-state index in [4.69, 9.17) is 0 Å². The monoisotopic (exact) mass is 276 g/mol. The standard InChI is InChI=1S/C14H9FOS2/c15-10-3-1-9(2-4-10)7-11(16)13-8-14-12(18-13)5-6-17-14/h1-6,8H,7H2. The lowest BCUT2D eigenvalue weighted by molar-refractivity contribution is 0.0997. The first-order valence-electron chi connectivity index (χ1n) is 5.47. The highest BCUT2D eigenvalue weighted by Crippen LogP contribution is 2.30. The Bertz CT molecular complexity index is 665. The van der Waals surface area contributed by atoms with Crippen molar-refractivity contribution in [2.24, 2.45) is 0 Å². The molecule has 2 aromatic heterocycles. The summed E-state index contributed by atoms with van der Waals surface area (Å²) in [6, 6.07) is 10.0. The van der Waals surface area contributed by atoms with E-state index in [0.29, 0.717) is 6.42 Å². The first kappa shape index (κ1) is 11.6. The predicted octanol–water partition coefficient (Wildman–Crippen LogP) is 4.53. The second-order valence-corrected chi connectivity index (χ2v) is 6.02. The number of hydrogen-bond donors (Lipinski definition) is 0. The molecule has 0 saturated heterocycles. The van der Waals surface area contributed by atoms with Gasteiger partial charge in [-0.05, 0) is 35.2 Å². The van der Waals surface area contributed by atoms with Crippen molar-refractivity contribution in [2.45, 2.75) is 6.42 Å². The van der Waals surface area contributed by atoms with Gasteiger partial charge in [0.05, 0.1) is 4.88 Å². The van der Waals surface area contributed by atoms with Gasteiger partial charge in [0.2, 0.25) is 0 Å². The van der Waals surface area contributed by atoms with Crippen molar-refractivity contribution in [3.8, 4) is 0 Å². The van der Waals surface area contributed by atoms with E-state index in [1.54, 1.807) is 23.5 Å². The van der Waals surface area contributed by atoms with Crippen molar-refractivity contribution < 1.29 is 9.18 Å². The lowest BCUT2D eigenvalue weighted by Crippen LogP contribution is -2.00. The number of hydrogen-bond acceptors (Lipinski definition) is 3. The Labute approximate surface area is 112 Å². The molecular weight excluding hydrogens is 267 g/mol. The number of benzene rings is 1. The van der Waals surface area contributed by atoms with E-state index in [-0.39, 0.29) is 11.6 Å². The molecule has 90 valence electrons. The Hall–Kier alpha value is -1.52. The third kappa shape index (κ3) is 2.21. The minimum absolute atomic E-state index is 0.0926. The van der Waals surface area contributed by atoms with Crippen LogP contribution in [-0.4, -0.2) is 5.78 Å².